The lowest BCUT2D eigenvalue weighted by molar-refractivity contribution is -0.181. The van der Waals surface area contributed by atoms with E-state index in [0.717, 1.165) is 70.1 Å². The minimum absolute atomic E-state index is 0.00853. The summed E-state index contributed by atoms with van der Waals surface area (Å²) in [6, 6.07) is 0. The molecular weight excluding hydrogens is 460 g/mol. The van der Waals surface area contributed by atoms with Crippen molar-refractivity contribution in [2.45, 2.75) is 110 Å². The van der Waals surface area contributed by atoms with Crippen LogP contribution in [-0.4, -0.2) is 32.9 Å². The molecule has 0 atom stereocenters. The van der Waals surface area contributed by atoms with Crippen LogP contribution >= 0.6 is 0 Å². The normalized spacial score (nSPS) is 21.2. The zero-order valence-corrected chi connectivity index (χ0v) is 22.1. The Kier molecular flexibility index (Phi) is 6.34. The van der Waals surface area contributed by atoms with Crippen LogP contribution < -0.4 is 9.47 Å². The Labute approximate surface area is 212 Å². The fourth-order valence-electron chi connectivity index (χ4n) is 4.88. The summed E-state index contributed by atoms with van der Waals surface area (Å²) in [6.07, 6.45) is 5.49. The molecule has 4 aliphatic rings. The maximum absolute atomic E-state index is 11.4. The predicted molar refractivity (Wildman–Crippen MR) is 132 cm³/mol. The van der Waals surface area contributed by atoms with Gasteiger partial charge in [0.25, 0.3) is 0 Å². The molecule has 1 N–H and O–H groups in total. The Morgan fingerprint density at radius 1 is 0.833 bits per heavy atom. The molecule has 0 bridgehead atoms. The van der Waals surface area contributed by atoms with E-state index in [2.05, 4.69) is 9.97 Å². The van der Waals surface area contributed by atoms with E-state index in [1.807, 2.05) is 41.5 Å². The highest BCUT2D eigenvalue weighted by molar-refractivity contribution is 5.81. The van der Waals surface area contributed by atoms with Crippen LogP contribution in [0.4, 0.5) is 0 Å². The largest absolute Gasteiger partial charge is 0.461 e. The van der Waals surface area contributed by atoms with Gasteiger partial charge in [-0.25, -0.2) is 0 Å². The number of aromatic nitrogens is 2. The van der Waals surface area contributed by atoms with Gasteiger partial charge < -0.3 is 24.1 Å². The first-order valence-electron chi connectivity index (χ1n) is 12.8. The number of carbonyl (C=O) groups excluding carboxylic acids is 1. The lowest BCUT2D eigenvalue weighted by Gasteiger charge is -2.34. The fourth-order valence-corrected chi connectivity index (χ4v) is 4.88. The van der Waals surface area contributed by atoms with Gasteiger partial charge in [0.1, 0.15) is 5.75 Å². The van der Waals surface area contributed by atoms with Crippen molar-refractivity contribution in [3.63, 3.8) is 0 Å². The van der Waals surface area contributed by atoms with Gasteiger partial charge in [0.05, 0.1) is 36.9 Å². The number of ether oxygens (including phenoxy) is 4. The molecule has 36 heavy (non-hydrogen) atoms. The molecule has 2 aliphatic carbocycles. The van der Waals surface area contributed by atoms with E-state index < -0.39 is 11.6 Å². The van der Waals surface area contributed by atoms with Gasteiger partial charge in [-0.05, 0) is 39.5 Å². The number of pyridine rings is 2. The summed E-state index contributed by atoms with van der Waals surface area (Å²) in [5.74, 6) is 1.21. The molecule has 2 aromatic heterocycles. The quantitative estimate of drug-likeness (QED) is 0.582. The fraction of sp³-hybridized carbons (Fsp3) is 0.607. The number of aryl methyl sites for hydroxylation is 2. The van der Waals surface area contributed by atoms with Crippen molar-refractivity contribution in [2.75, 3.05) is 0 Å². The topological polar surface area (TPSA) is 100 Å². The summed E-state index contributed by atoms with van der Waals surface area (Å²) < 4.78 is 23.0. The van der Waals surface area contributed by atoms with Gasteiger partial charge in [-0.2, -0.15) is 0 Å². The minimum Gasteiger partial charge on any atom is -0.461 e. The zero-order valence-electron chi connectivity index (χ0n) is 22.1. The highest BCUT2D eigenvalue weighted by Crippen LogP contribution is 2.46. The van der Waals surface area contributed by atoms with Crippen LogP contribution in [0, 0.1) is 13.8 Å². The van der Waals surface area contributed by atoms with Crippen molar-refractivity contribution >= 4 is 6.29 Å². The first kappa shape index (κ1) is 25.1. The van der Waals surface area contributed by atoms with Crippen LogP contribution in [0.15, 0.2) is 0 Å². The molecule has 0 amide bonds. The highest BCUT2D eigenvalue weighted by atomic mass is 16.7. The van der Waals surface area contributed by atoms with E-state index in [9.17, 15) is 9.90 Å². The number of rotatable bonds is 4. The van der Waals surface area contributed by atoms with Gasteiger partial charge in [-0.15, -0.1) is 0 Å². The molecule has 2 fully saturated rings. The van der Waals surface area contributed by atoms with E-state index in [-0.39, 0.29) is 6.61 Å². The van der Waals surface area contributed by atoms with Gasteiger partial charge in [-0.1, -0.05) is 0 Å². The Morgan fingerprint density at radius 3 is 1.81 bits per heavy atom. The van der Waals surface area contributed by atoms with Crippen LogP contribution in [0.2, 0.25) is 0 Å². The second-order valence-electron chi connectivity index (χ2n) is 11.1. The molecule has 4 heterocycles. The summed E-state index contributed by atoms with van der Waals surface area (Å²) in [5.41, 5.74) is 7.15. The maximum atomic E-state index is 11.4. The molecule has 2 aromatic rings. The zero-order chi connectivity index (χ0) is 25.8. The second-order valence-corrected chi connectivity index (χ2v) is 11.1. The minimum atomic E-state index is -0.652. The lowest BCUT2D eigenvalue weighted by Crippen LogP contribution is -2.36. The summed E-state index contributed by atoms with van der Waals surface area (Å²) in [7, 11) is 0. The van der Waals surface area contributed by atoms with E-state index >= 15 is 0 Å². The van der Waals surface area contributed by atoms with Crippen LogP contribution in [0.1, 0.15) is 115 Å². The number of aldehydes is 1. The number of fused-ring (bicyclic) bond motifs is 2. The molecule has 8 nitrogen and oxygen atoms in total. The third-order valence-corrected chi connectivity index (χ3v) is 7.08. The summed E-state index contributed by atoms with van der Waals surface area (Å²) in [5, 5.41) is 9.62. The SMILES string of the molecule is Cc1nc(C2CC2)c(C=O)c2c1OC(C)(C)OC2.Cc1nc(C2CC2)c(CO)c2c1OC(C)(C)OC2. The number of hydrogen-bond donors (Lipinski definition) is 1. The smallest absolute Gasteiger partial charge is 0.205 e. The second kappa shape index (κ2) is 9.08. The highest BCUT2D eigenvalue weighted by Gasteiger charge is 2.37. The molecule has 2 saturated carbocycles. The molecule has 8 heteroatoms. The molecule has 0 spiro atoms. The number of aliphatic hydroxyl groups excluding tert-OH is 1. The van der Waals surface area contributed by atoms with Crippen molar-refractivity contribution in [1.29, 1.82) is 0 Å². The van der Waals surface area contributed by atoms with Crippen LogP contribution in [0.25, 0.3) is 0 Å². The number of hydrogen-bond acceptors (Lipinski definition) is 8. The third-order valence-electron chi connectivity index (χ3n) is 7.08. The molecule has 0 radical (unpaired) electrons. The molecular formula is C28H36N2O6. The Hall–Kier alpha value is -2.55. The molecule has 0 unspecified atom stereocenters. The van der Waals surface area contributed by atoms with Crippen LogP contribution in [0.5, 0.6) is 11.5 Å². The average Bonchev–Trinajstić information content (AvgIpc) is 3.72. The third kappa shape index (κ3) is 4.86. The van der Waals surface area contributed by atoms with Crippen LogP contribution in [0.3, 0.4) is 0 Å². The van der Waals surface area contributed by atoms with Crippen molar-refractivity contribution in [3.8, 4) is 11.5 Å². The predicted octanol–water partition coefficient (Wildman–Crippen LogP) is 5.13. The van der Waals surface area contributed by atoms with Crippen molar-refractivity contribution in [2.24, 2.45) is 0 Å². The summed E-state index contributed by atoms with van der Waals surface area (Å²) in [4.78, 5) is 20.6. The Bertz CT molecular complexity index is 1200. The Morgan fingerprint density at radius 2 is 1.31 bits per heavy atom. The standard InChI is InChI=1S/C14H19NO3.C14H17NO3/c2*1-8-13-11(7-17-14(2,3)18-13)10(6-16)12(15-8)9-4-5-9/h9,16H,4-7H2,1-3H3;6,9H,4-5,7H2,1-3H3. The maximum Gasteiger partial charge on any atom is 0.205 e. The Balaban J connectivity index is 0.000000148. The van der Waals surface area contributed by atoms with E-state index in [0.29, 0.717) is 30.6 Å². The summed E-state index contributed by atoms with van der Waals surface area (Å²) >= 11 is 0. The van der Waals surface area contributed by atoms with E-state index in [1.165, 1.54) is 12.8 Å². The molecule has 6 rings (SSSR count). The average molecular weight is 497 g/mol. The first-order valence-corrected chi connectivity index (χ1v) is 12.8. The number of nitrogens with zero attached hydrogens (tertiary/aromatic N) is 2. The van der Waals surface area contributed by atoms with E-state index in [1.54, 1.807) is 0 Å². The van der Waals surface area contributed by atoms with Gasteiger partial charge in [-0.3, -0.25) is 14.8 Å². The van der Waals surface area contributed by atoms with Gasteiger partial charge in [0.2, 0.25) is 11.6 Å². The number of carbonyl (C=O) groups is 1. The van der Waals surface area contributed by atoms with Crippen molar-refractivity contribution in [3.05, 3.63) is 45.0 Å². The molecule has 0 saturated heterocycles. The number of aliphatic hydroxyl groups is 1. The van der Waals surface area contributed by atoms with Crippen molar-refractivity contribution < 1.29 is 28.8 Å². The monoisotopic (exact) mass is 496 g/mol. The molecule has 194 valence electrons. The van der Waals surface area contributed by atoms with Crippen LogP contribution in [-0.2, 0) is 29.3 Å². The lowest BCUT2D eigenvalue weighted by atomic mass is 10.0. The first-order chi connectivity index (χ1) is 17.0. The van der Waals surface area contributed by atoms with Gasteiger partial charge in [0.15, 0.2) is 12.0 Å². The molecule has 0 aromatic carbocycles. The summed E-state index contributed by atoms with van der Waals surface area (Å²) in [6.45, 7) is 12.3. The van der Waals surface area contributed by atoms with Gasteiger partial charge in [0, 0.05) is 67.5 Å². The van der Waals surface area contributed by atoms with E-state index in [4.69, 9.17) is 18.9 Å². The van der Waals surface area contributed by atoms with Gasteiger partial charge >= 0.3 is 0 Å². The molecule has 2 aliphatic heterocycles. The van der Waals surface area contributed by atoms with Crippen molar-refractivity contribution in [1.82, 2.24) is 9.97 Å².